The molecule has 0 unspecified atom stereocenters. The number of amides is 2. The van der Waals surface area contributed by atoms with Crippen molar-refractivity contribution in [2.75, 3.05) is 18.0 Å². The smallest absolute Gasteiger partial charge is 0.290 e. The molecule has 3 aromatic rings. The maximum atomic E-state index is 11.9. The number of carbonyl (C=O) groups excluding carboxylic acids is 2. The summed E-state index contributed by atoms with van der Waals surface area (Å²) >= 11 is 0.927. The Morgan fingerprint density at radius 2 is 1.87 bits per heavy atom. The third kappa shape index (κ3) is 4.32. The number of carbonyl (C=O) groups is 2. The molecule has 0 bridgehead atoms. The Balaban J connectivity index is 1.36. The average molecular weight is 431 g/mol. The molecule has 2 aliphatic rings. The minimum atomic E-state index is -0.347. The Labute approximate surface area is 184 Å². The monoisotopic (exact) mass is 430 g/mol. The molecule has 2 saturated heterocycles. The van der Waals surface area contributed by atoms with E-state index in [1.165, 1.54) is 5.56 Å². The second-order valence-corrected chi connectivity index (χ2v) is 8.96. The molecule has 6 nitrogen and oxygen atoms in total. The van der Waals surface area contributed by atoms with Crippen molar-refractivity contribution in [1.82, 2.24) is 15.3 Å². The van der Waals surface area contributed by atoms with Crippen molar-refractivity contribution in [3.05, 3.63) is 70.9 Å². The van der Waals surface area contributed by atoms with Crippen molar-refractivity contribution in [3.8, 4) is 0 Å². The Hall–Kier alpha value is -3.19. The van der Waals surface area contributed by atoms with Crippen LogP contribution in [0.15, 0.2) is 59.8 Å². The van der Waals surface area contributed by atoms with Crippen LogP contribution in [0.2, 0.25) is 0 Å². The summed E-state index contributed by atoms with van der Waals surface area (Å²) in [5.74, 6) is 1.27. The summed E-state index contributed by atoms with van der Waals surface area (Å²) in [7, 11) is 0. The van der Waals surface area contributed by atoms with Crippen LogP contribution in [0.4, 0.5) is 10.6 Å². The number of anilines is 1. The van der Waals surface area contributed by atoms with E-state index < -0.39 is 0 Å². The largest absolute Gasteiger partial charge is 0.356 e. The fraction of sp³-hybridized carbons (Fsp3) is 0.250. The summed E-state index contributed by atoms with van der Waals surface area (Å²) in [4.78, 5) is 35.1. The van der Waals surface area contributed by atoms with Crippen LogP contribution in [0.1, 0.15) is 24.0 Å². The average Bonchev–Trinajstić information content (AvgIpc) is 3.11. The molecule has 5 rings (SSSR count). The molecule has 0 spiro atoms. The maximum Gasteiger partial charge on any atom is 0.290 e. The van der Waals surface area contributed by atoms with E-state index in [-0.39, 0.29) is 11.1 Å². The first kappa shape index (κ1) is 19.8. The van der Waals surface area contributed by atoms with Gasteiger partial charge in [-0.15, -0.1) is 0 Å². The lowest BCUT2D eigenvalue weighted by molar-refractivity contribution is -0.115. The van der Waals surface area contributed by atoms with Gasteiger partial charge < -0.3 is 4.90 Å². The van der Waals surface area contributed by atoms with Crippen LogP contribution in [-0.2, 0) is 11.2 Å². The van der Waals surface area contributed by atoms with Crippen molar-refractivity contribution >= 4 is 45.7 Å². The van der Waals surface area contributed by atoms with Crippen LogP contribution in [0.5, 0.6) is 0 Å². The van der Waals surface area contributed by atoms with E-state index in [0.717, 1.165) is 66.4 Å². The van der Waals surface area contributed by atoms with E-state index >= 15 is 0 Å². The maximum absolute atomic E-state index is 11.9. The molecule has 1 N–H and O–H groups in total. The van der Waals surface area contributed by atoms with Crippen molar-refractivity contribution in [1.29, 1.82) is 0 Å². The Bertz CT molecular complexity index is 1170. The third-order valence-corrected chi connectivity index (χ3v) is 6.67. The summed E-state index contributed by atoms with van der Waals surface area (Å²) in [6.45, 7) is 1.92. The fourth-order valence-electron chi connectivity index (χ4n) is 4.27. The quantitative estimate of drug-likeness (QED) is 0.618. The number of aromatic nitrogens is 2. The van der Waals surface area contributed by atoms with Gasteiger partial charge in [0.1, 0.15) is 12.1 Å². The summed E-state index contributed by atoms with van der Waals surface area (Å²) < 4.78 is 0. The molecule has 0 aliphatic carbocycles. The topological polar surface area (TPSA) is 75.2 Å². The van der Waals surface area contributed by atoms with E-state index in [1.807, 2.05) is 18.2 Å². The van der Waals surface area contributed by atoms with Crippen LogP contribution in [0, 0.1) is 5.92 Å². The van der Waals surface area contributed by atoms with Gasteiger partial charge >= 0.3 is 0 Å². The van der Waals surface area contributed by atoms with Gasteiger partial charge in [-0.3, -0.25) is 14.9 Å². The zero-order valence-electron chi connectivity index (χ0n) is 17.0. The van der Waals surface area contributed by atoms with E-state index in [1.54, 1.807) is 12.4 Å². The highest BCUT2D eigenvalue weighted by atomic mass is 32.2. The highest BCUT2D eigenvalue weighted by molar-refractivity contribution is 8.18. The standard InChI is InChI=1S/C24H22N4O2S/c29-23-21(31-24(30)27-23)14-18-6-7-20-19(13-18)22(26-15-25-20)28-10-8-17(9-11-28)12-16-4-2-1-3-5-16/h1-7,13-15,17H,8-12H2,(H,27,29,30). The van der Waals surface area contributed by atoms with Gasteiger partial charge in [-0.05, 0) is 66.3 Å². The predicted octanol–water partition coefficient (Wildman–Crippen LogP) is 4.41. The second-order valence-electron chi connectivity index (χ2n) is 7.95. The number of nitrogens with one attached hydrogen (secondary N) is 1. The second kappa shape index (κ2) is 8.51. The Morgan fingerprint density at radius 1 is 1.06 bits per heavy atom. The molecule has 0 radical (unpaired) electrons. The zero-order chi connectivity index (χ0) is 21.2. The molecule has 156 valence electrons. The first-order valence-corrected chi connectivity index (χ1v) is 11.3. The summed E-state index contributed by atoms with van der Waals surface area (Å²) in [6.07, 6.45) is 6.74. The Kier molecular flexibility index (Phi) is 5.42. The van der Waals surface area contributed by atoms with Crippen molar-refractivity contribution in [2.45, 2.75) is 19.3 Å². The van der Waals surface area contributed by atoms with Gasteiger partial charge in [0.05, 0.1) is 10.4 Å². The molecular formula is C24H22N4O2S. The number of imide groups is 1. The number of fused-ring (bicyclic) bond motifs is 1. The van der Waals surface area contributed by atoms with Crippen molar-refractivity contribution in [3.63, 3.8) is 0 Å². The molecular weight excluding hydrogens is 408 g/mol. The predicted molar refractivity (Wildman–Crippen MR) is 124 cm³/mol. The zero-order valence-corrected chi connectivity index (χ0v) is 17.8. The van der Waals surface area contributed by atoms with Crippen LogP contribution in [0.3, 0.4) is 0 Å². The normalized spacial score (nSPS) is 18.7. The van der Waals surface area contributed by atoms with Gasteiger partial charge in [-0.1, -0.05) is 36.4 Å². The molecule has 0 atom stereocenters. The van der Waals surface area contributed by atoms with Crippen LogP contribution >= 0.6 is 11.8 Å². The van der Waals surface area contributed by atoms with Gasteiger partial charge in [0.2, 0.25) is 0 Å². The molecule has 1 aromatic heterocycles. The first-order chi connectivity index (χ1) is 15.2. The molecule has 2 aliphatic heterocycles. The van der Waals surface area contributed by atoms with Crippen molar-refractivity contribution in [2.24, 2.45) is 5.92 Å². The molecule has 2 fully saturated rings. The molecule has 2 amide bonds. The van der Waals surface area contributed by atoms with Crippen LogP contribution in [0.25, 0.3) is 17.0 Å². The van der Waals surface area contributed by atoms with Crippen LogP contribution < -0.4 is 10.2 Å². The minimum absolute atomic E-state index is 0.334. The SMILES string of the molecule is O=C1NC(=O)C(=Cc2ccc3ncnc(N4CCC(Cc5ccccc5)CC4)c3c2)S1. The lowest BCUT2D eigenvalue weighted by Crippen LogP contribution is -2.35. The molecule has 7 heteroatoms. The number of hydrogen-bond donors (Lipinski definition) is 1. The van der Waals surface area contributed by atoms with E-state index in [4.69, 9.17) is 0 Å². The summed E-state index contributed by atoms with van der Waals surface area (Å²) in [6, 6.07) is 16.5. The van der Waals surface area contributed by atoms with Gasteiger partial charge in [-0.2, -0.15) is 0 Å². The number of nitrogens with zero attached hydrogens (tertiary/aromatic N) is 3. The van der Waals surface area contributed by atoms with Gasteiger partial charge in [0, 0.05) is 18.5 Å². The van der Waals surface area contributed by atoms with E-state index in [2.05, 4.69) is 50.5 Å². The third-order valence-electron chi connectivity index (χ3n) is 5.86. The lowest BCUT2D eigenvalue weighted by Gasteiger charge is -2.33. The fourth-order valence-corrected chi connectivity index (χ4v) is 4.95. The van der Waals surface area contributed by atoms with Gasteiger partial charge in [-0.25, -0.2) is 9.97 Å². The summed E-state index contributed by atoms with van der Waals surface area (Å²) in [5, 5.41) is 2.92. The number of rotatable bonds is 4. The van der Waals surface area contributed by atoms with Crippen LogP contribution in [-0.4, -0.2) is 34.2 Å². The van der Waals surface area contributed by atoms with Crippen molar-refractivity contribution < 1.29 is 9.59 Å². The molecule has 3 heterocycles. The first-order valence-electron chi connectivity index (χ1n) is 10.4. The number of piperidine rings is 1. The van der Waals surface area contributed by atoms with Gasteiger partial charge in [0.15, 0.2) is 0 Å². The highest BCUT2D eigenvalue weighted by Crippen LogP contribution is 2.31. The minimum Gasteiger partial charge on any atom is -0.356 e. The highest BCUT2D eigenvalue weighted by Gasteiger charge is 2.25. The Morgan fingerprint density at radius 3 is 2.61 bits per heavy atom. The lowest BCUT2D eigenvalue weighted by atomic mass is 9.90. The molecule has 2 aromatic carbocycles. The van der Waals surface area contributed by atoms with Gasteiger partial charge in [0.25, 0.3) is 11.1 Å². The molecule has 31 heavy (non-hydrogen) atoms. The number of benzene rings is 2. The van der Waals surface area contributed by atoms with E-state index in [0.29, 0.717) is 10.8 Å². The number of thioether (sulfide) groups is 1. The molecule has 0 saturated carbocycles. The summed E-state index contributed by atoms with van der Waals surface area (Å²) in [5.41, 5.74) is 3.13. The van der Waals surface area contributed by atoms with E-state index in [9.17, 15) is 9.59 Å². The number of hydrogen-bond acceptors (Lipinski definition) is 6.